The Labute approximate surface area is 61.6 Å². The molecule has 60 valence electrons. The standard InChI is InChI=1S/C7H15NO2/c1-4-6(2)7(3)5-8(9)10/h6-7H,4-5H2,1-3H3/t6-,7?/m1/s1. The van der Waals surface area contributed by atoms with Crippen molar-refractivity contribution in [3.8, 4) is 0 Å². The molecule has 0 heterocycles. The molecule has 0 fully saturated rings. The highest BCUT2D eigenvalue weighted by Crippen LogP contribution is 2.13. The highest BCUT2D eigenvalue weighted by Gasteiger charge is 2.14. The molecule has 0 saturated heterocycles. The van der Waals surface area contributed by atoms with Gasteiger partial charge in [-0.3, -0.25) is 10.1 Å². The van der Waals surface area contributed by atoms with Gasteiger partial charge in [0, 0.05) is 10.8 Å². The van der Waals surface area contributed by atoms with E-state index in [4.69, 9.17) is 0 Å². The monoisotopic (exact) mass is 145 g/mol. The maximum absolute atomic E-state index is 10.0. The van der Waals surface area contributed by atoms with Crippen molar-refractivity contribution >= 4 is 0 Å². The summed E-state index contributed by atoms with van der Waals surface area (Å²) in [6, 6.07) is 0. The number of nitro groups is 1. The molecule has 0 aromatic heterocycles. The van der Waals surface area contributed by atoms with Crippen molar-refractivity contribution in [2.24, 2.45) is 11.8 Å². The van der Waals surface area contributed by atoms with Gasteiger partial charge in [-0.25, -0.2) is 0 Å². The summed E-state index contributed by atoms with van der Waals surface area (Å²) in [6.45, 7) is 6.14. The average molecular weight is 145 g/mol. The van der Waals surface area contributed by atoms with Gasteiger partial charge in [-0.2, -0.15) is 0 Å². The van der Waals surface area contributed by atoms with Gasteiger partial charge in [0.15, 0.2) is 0 Å². The minimum absolute atomic E-state index is 0.106. The van der Waals surface area contributed by atoms with Gasteiger partial charge in [0.2, 0.25) is 6.54 Å². The Kier molecular flexibility index (Phi) is 4.00. The molecule has 10 heavy (non-hydrogen) atoms. The zero-order valence-corrected chi connectivity index (χ0v) is 6.83. The maximum atomic E-state index is 10.0. The van der Waals surface area contributed by atoms with E-state index in [2.05, 4.69) is 6.92 Å². The molecule has 0 radical (unpaired) electrons. The van der Waals surface area contributed by atoms with Crippen LogP contribution in [0.4, 0.5) is 0 Å². The molecule has 0 saturated carbocycles. The smallest absolute Gasteiger partial charge is 0.206 e. The van der Waals surface area contributed by atoms with Crippen LogP contribution in [0.1, 0.15) is 27.2 Å². The molecule has 0 aliphatic heterocycles. The summed E-state index contributed by atoms with van der Waals surface area (Å²) in [5.41, 5.74) is 0. The van der Waals surface area contributed by atoms with Gasteiger partial charge in [-0.15, -0.1) is 0 Å². The second-order valence-corrected chi connectivity index (χ2v) is 2.88. The third-order valence-electron chi connectivity index (χ3n) is 2.05. The molecule has 3 heteroatoms. The molecule has 2 atom stereocenters. The van der Waals surface area contributed by atoms with Gasteiger partial charge in [0.25, 0.3) is 0 Å². The van der Waals surface area contributed by atoms with Crippen molar-refractivity contribution in [3.63, 3.8) is 0 Å². The van der Waals surface area contributed by atoms with E-state index in [1.54, 1.807) is 0 Å². The summed E-state index contributed by atoms with van der Waals surface area (Å²) in [4.78, 5) is 9.80. The maximum Gasteiger partial charge on any atom is 0.206 e. The fraction of sp³-hybridized carbons (Fsp3) is 1.00. The van der Waals surface area contributed by atoms with E-state index in [1.165, 1.54) is 0 Å². The fourth-order valence-electron chi connectivity index (χ4n) is 0.817. The Morgan fingerprint density at radius 1 is 1.40 bits per heavy atom. The zero-order chi connectivity index (χ0) is 8.15. The lowest BCUT2D eigenvalue weighted by atomic mass is 9.94. The van der Waals surface area contributed by atoms with Crippen molar-refractivity contribution < 1.29 is 4.92 Å². The number of hydrogen-bond donors (Lipinski definition) is 0. The normalized spacial score (nSPS) is 16.3. The highest BCUT2D eigenvalue weighted by atomic mass is 16.6. The highest BCUT2D eigenvalue weighted by molar-refractivity contribution is 4.57. The molecule has 1 unspecified atom stereocenters. The fourth-order valence-corrected chi connectivity index (χ4v) is 0.817. The van der Waals surface area contributed by atoms with Crippen molar-refractivity contribution in [2.75, 3.05) is 6.54 Å². The summed E-state index contributed by atoms with van der Waals surface area (Å²) < 4.78 is 0. The first-order valence-electron chi connectivity index (χ1n) is 3.69. The largest absolute Gasteiger partial charge is 0.265 e. The van der Waals surface area contributed by atoms with Gasteiger partial charge >= 0.3 is 0 Å². The van der Waals surface area contributed by atoms with Gasteiger partial charge < -0.3 is 0 Å². The minimum Gasteiger partial charge on any atom is -0.265 e. The summed E-state index contributed by atoms with van der Waals surface area (Å²) >= 11 is 0. The van der Waals surface area contributed by atoms with Crippen LogP contribution < -0.4 is 0 Å². The van der Waals surface area contributed by atoms with Gasteiger partial charge in [-0.1, -0.05) is 27.2 Å². The van der Waals surface area contributed by atoms with Crippen LogP contribution in [0.5, 0.6) is 0 Å². The van der Waals surface area contributed by atoms with Crippen LogP contribution in [-0.4, -0.2) is 11.5 Å². The Morgan fingerprint density at radius 2 is 1.90 bits per heavy atom. The quantitative estimate of drug-likeness (QED) is 0.448. The average Bonchev–Trinajstić information content (AvgIpc) is 1.85. The van der Waals surface area contributed by atoms with Crippen molar-refractivity contribution in [2.45, 2.75) is 27.2 Å². The number of nitrogens with zero attached hydrogens (tertiary/aromatic N) is 1. The molecule has 3 nitrogen and oxygen atoms in total. The summed E-state index contributed by atoms with van der Waals surface area (Å²) in [7, 11) is 0. The van der Waals surface area contributed by atoms with E-state index < -0.39 is 0 Å². The molecule has 0 rings (SSSR count). The number of hydrogen-bond acceptors (Lipinski definition) is 2. The van der Waals surface area contributed by atoms with Crippen molar-refractivity contribution in [1.29, 1.82) is 0 Å². The van der Waals surface area contributed by atoms with Crippen LogP contribution in [0.15, 0.2) is 0 Å². The second-order valence-electron chi connectivity index (χ2n) is 2.88. The van der Waals surface area contributed by atoms with E-state index in [0.29, 0.717) is 5.92 Å². The Balaban J connectivity index is 3.61. The van der Waals surface area contributed by atoms with Crippen LogP contribution >= 0.6 is 0 Å². The molecular formula is C7H15NO2. The summed E-state index contributed by atoms with van der Waals surface area (Å²) in [5.74, 6) is 0.672. The minimum atomic E-state index is -0.239. The van der Waals surface area contributed by atoms with Gasteiger partial charge in [0.1, 0.15) is 0 Å². The molecule has 0 N–H and O–H groups in total. The summed E-state index contributed by atoms with van der Waals surface area (Å²) in [6.07, 6.45) is 1.02. The van der Waals surface area contributed by atoms with Crippen LogP contribution in [0, 0.1) is 22.0 Å². The SMILES string of the molecule is CC[C@@H](C)C(C)C[N+](=O)[O-]. The third kappa shape index (κ3) is 3.43. The van der Waals surface area contributed by atoms with Gasteiger partial charge in [-0.05, 0) is 5.92 Å². The van der Waals surface area contributed by atoms with E-state index in [9.17, 15) is 10.1 Å². The predicted molar refractivity (Wildman–Crippen MR) is 40.5 cm³/mol. The Morgan fingerprint density at radius 3 is 2.20 bits per heavy atom. The Bertz CT molecular complexity index is 114. The topological polar surface area (TPSA) is 43.1 Å². The van der Waals surface area contributed by atoms with Crippen LogP contribution in [0.2, 0.25) is 0 Å². The number of rotatable bonds is 4. The van der Waals surface area contributed by atoms with Crippen molar-refractivity contribution in [1.82, 2.24) is 0 Å². The molecule has 0 amide bonds. The second kappa shape index (κ2) is 4.25. The molecule has 0 spiro atoms. The zero-order valence-electron chi connectivity index (χ0n) is 6.83. The molecular weight excluding hydrogens is 130 g/mol. The molecule has 0 aromatic carbocycles. The third-order valence-corrected chi connectivity index (χ3v) is 2.05. The van der Waals surface area contributed by atoms with Crippen LogP contribution in [0.3, 0.4) is 0 Å². The Hall–Kier alpha value is -0.600. The van der Waals surface area contributed by atoms with E-state index in [0.717, 1.165) is 6.42 Å². The summed E-state index contributed by atoms with van der Waals surface area (Å²) in [5, 5.41) is 10.0. The lowest BCUT2D eigenvalue weighted by Crippen LogP contribution is -2.17. The molecule has 0 aliphatic carbocycles. The lowest BCUT2D eigenvalue weighted by Gasteiger charge is -2.12. The van der Waals surface area contributed by atoms with Gasteiger partial charge in [0.05, 0.1) is 0 Å². The van der Waals surface area contributed by atoms with Crippen LogP contribution in [0.25, 0.3) is 0 Å². The van der Waals surface area contributed by atoms with E-state index in [-0.39, 0.29) is 17.4 Å². The predicted octanol–water partition coefficient (Wildman–Crippen LogP) is 1.95. The van der Waals surface area contributed by atoms with Crippen molar-refractivity contribution in [3.05, 3.63) is 10.1 Å². The first-order chi connectivity index (χ1) is 4.57. The first-order valence-corrected chi connectivity index (χ1v) is 3.69. The first kappa shape index (κ1) is 9.40. The molecule has 0 aromatic rings. The van der Waals surface area contributed by atoms with E-state index in [1.807, 2.05) is 13.8 Å². The molecule has 0 aliphatic rings. The van der Waals surface area contributed by atoms with E-state index >= 15 is 0 Å². The lowest BCUT2D eigenvalue weighted by molar-refractivity contribution is -0.489. The van der Waals surface area contributed by atoms with Crippen LogP contribution in [-0.2, 0) is 0 Å². The molecule has 0 bridgehead atoms.